The van der Waals surface area contributed by atoms with Gasteiger partial charge in [0.2, 0.25) is 15.0 Å². The second-order valence-corrected chi connectivity index (χ2v) is 14.3. The molecule has 2 N–H and O–H groups in total. The summed E-state index contributed by atoms with van der Waals surface area (Å²) in [5, 5.41) is 42.9. The van der Waals surface area contributed by atoms with Crippen molar-refractivity contribution in [1.29, 1.82) is 0 Å². The molecule has 0 aliphatic carbocycles. The first-order valence-corrected chi connectivity index (χ1v) is 17.3. The molecule has 2 heterocycles. The van der Waals surface area contributed by atoms with Gasteiger partial charge in [-0.2, -0.15) is 9.36 Å². The van der Waals surface area contributed by atoms with Crippen molar-refractivity contribution in [1.82, 2.24) is 40.4 Å². The van der Waals surface area contributed by atoms with Crippen LogP contribution >= 0.6 is 11.8 Å². The Morgan fingerprint density at radius 1 is 0.778 bits per heavy atom. The number of hydrogen-bond acceptors (Lipinski definition) is 12. The summed E-state index contributed by atoms with van der Waals surface area (Å²) in [5.74, 6) is 0.224. The number of thioether (sulfide) groups is 1. The van der Waals surface area contributed by atoms with Gasteiger partial charge >= 0.3 is 0 Å². The van der Waals surface area contributed by atoms with E-state index >= 15 is 0 Å². The molecule has 0 amide bonds. The van der Waals surface area contributed by atoms with E-state index in [1.54, 1.807) is 61.5 Å². The molecular weight excluding hydrogens is 617 g/mol. The number of nitrogens with zero attached hydrogens (tertiary/aromatic N) is 8. The second-order valence-electron chi connectivity index (χ2n) is 11.4. The molecule has 2 aromatic carbocycles. The Labute approximate surface area is 270 Å². The molecule has 0 fully saturated rings. The highest BCUT2D eigenvalue weighted by Crippen LogP contribution is 2.26. The number of sulfone groups is 1. The van der Waals surface area contributed by atoms with Crippen LogP contribution in [0.15, 0.2) is 71.0 Å². The summed E-state index contributed by atoms with van der Waals surface area (Å²) < 4.78 is 32.7. The van der Waals surface area contributed by atoms with Gasteiger partial charge in [-0.25, -0.2) is 8.42 Å². The van der Waals surface area contributed by atoms with E-state index in [1.165, 1.54) is 4.68 Å². The number of tetrazole rings is 2. The molecule has 15 heteroatoms. The lowest BCUT2D eigenvalue weighted by molar-refractivity contribution is 0.0337. The Morgan fingerprint density at radius 3 is 1.71 bits per heavy atom. The summed E-state index contributed by atoms with van der Waals surface area (Å²) in [6, 6.07) is 18.6. The molecule has 2 aromatic heterocycles. The van der Waals surface area contributed by atoms with Gasteiger partial charge in [-0.3, -0.25) is 0 Å². The Hall–Kier alpha value is -3.24. The van der Waals surface area contributed by atoms with E-state index in [2.05, 4.69) is 31.1 Å². The highest BCUT2D eigenvalue weighted by atomic mass is 32.2. The summed E-state index contributed by atoms with van der Waals surface area (Å²) in [5.41, 5.74) is -0.293. The van der Waals surface area contributed by atoms with Crippen LogP contribution in [0, 0.1) is 11.8 Å². The number of rotatable bonds is 12. The molecule has 0 saturated heterocycles. The average molecular weight is 663 g/mol. The third-order valence-electron chi connectivity index (χ3n) is 6.91. The van der Waals surface area contributed by atoms with Gasteiger partial charge in [0.15, 0.2) is 0 Å². The summed E-state index contributed by atoms with van der Waals surface area (Å²) in [6.07, 6.45) is 0. The van der Waals surface area contributed by atoms with E-state index in [0.29, 0.717) is 5.69 Å². The lowest BCUT2D eigenvalue weighted by Crippen LogP contribution is -2.34. The fourth-order valence-electron chi connectivity index (χ4n) is 3.32. The molecule has 0 unspecified atom stereocenters. The van der Waals surface area contributed by atoms with Gasteiger partial charge in [0.05, 0.1) is 28.3 Å². The molecule has 4 rings (SSSR count). The van der Waals surface area contributed by atoms with Crippen LogP contribution in [-0.4, -0.2) is 95.0 Å². The number of aliphatic hydroxyl groups is 2. The van der Waals surface area contributed by atoms with Crippen molar-refractivity contribution in [2.75, 3.05) is 24.7 Å². The maximum Gasteiger partial charge on any atom is 0.272 e. The quantitative estimate of drug-likeness (QED) is 0.209. The van der Waals surface area contributed by atoms with Crippen LogP contribution in [0.2, 0.25) is 0 Å². The van der Waals surface area contributed by atoms with Gasteiger partial charge in [0.1, 0.15) is 0 Å². The minimum Gasteiger partial charge on any atom is -0.390 e. The molecule has 0 aliphatic rings. The minimum absolute atomic E-state index is 0.151. The smallest absolute Gasteiger partial charge is 0.272 e. The topological polar surface area (TPSA) is 171 Å². The Morgan fingerprint density at radius 2 is 1.24 bits per heavy atom. The molecule has 0 saturated carbocycles. The molecule has 13 nitrogen and oxygen atoms in total. The Bertz CT molecular complexity index is 1500. The molecule has 0 radical (unpaired) electrons. The fraction of sp³-hybridized carbons (Fsp3) is 0.533. The molecule has 2 atom stereocenters. The van der Waals surface area contributed by atoms with Crippen molar-refractivity contribution in [2.24, 2.45) is 11.8 Å². The monoisotopic (exact) mass is 662 g/mol. The van der Waals surface area contributed by atoms with E-state index in [-0.39, 0.29) is 16.8 Å². The van der Waals surface area contributed by atoms with Crippen LogP contribution in [0.3, 0.4) is 0 Å². The molecule has 0 aliphatic heterocycles. The third kappa shape index (κ3) is 12.2. The van der Waals surface area contributed by atoms with Crippen LogP contribution in [-0.2, 0) is 14.6 Å². The first-order valence-electron chi connectivity index (χ1n) is 14.7. The number of aromatic nitrogens is 8. The van der Waals surface area contributed by atoms with Crippen molar-refractivity contribution in [3.05, 3.63) is 60.7 Å². The molecule has 45 heavy (non-hydrogen) atoms. The van der Waals surface area contributed by atoms with Gasteiger partial charge in [-0.1, -0.05) is 67.1 Å². The second kappa shape index (κ2) is 17.5. The van der Waals surface area contributed by atoms with E-state index < -0.39 is 27.0 Å². The maximum atomic E-state index is 12.5. The van der Waals surface area contributed by atoms with Crippen molar-refractivity contribution in [3.8, 4) is 11.4 Å². The first-order chi connectivity index (χ1) is 21.1. The lowest BCUT2D eigenvalue weighted by Gasteiger charge is -2.25. The van der Waals surface area contributed by atoms with Crippen LogP contribution in [0.4, 0.5) is 0 Å². The number of para-hydroxylation sites is 2. The Balaban J connectivity index is 0.000000274. The van der Waals surface area contributed by atoms with Crippen molar-refractivity contribution in [2.45, 2.75) is 76.9 Å². The van der Waals surface area contributed by atoms with E-state index in [4.69, 9.17) is 4.74 Å². The molecule has 248 valence electrons. The summed E-state index contributed by atoms with van der Waals surface area (Å²) >= 11 is 1.55. The van der Waals surface area contributed by atoms with Crippen LogP contribution in [0.25, 0.3) is 11.4 Å². The van der Waals surface area contributed by atoms with E-state index in [1.807, 2.05) is 71.0 Å². The zero-order chi connectivity index (χ0) is 33.7. The third-order valence-corrected chi connectivity index (χ3v) is 9.84. The number of hydrogen-bond donors (Lipinski definition) is 2. The van der Waals surface area contributed by atoms with Crippen molar-refractivity contribution >= 4 is 21.6 Å². The van der Waals surface area contributed by atoms with Gasteiger partial charge in [-0.05, 0) is 98.5 Å². The highest BCUT2D eigenvalue weighted by molar-refractivity contribution is 7.99. The molecular formula is C30H46N8O5S2. The summed E-state index contributed by atoms with van der Waals surface area (Å²) in [7, 11) is -3.71. The van der Waals surface area contributed by atoms with Gasteiger partial charge in [0, 0.05) is 19.0 Å². The zero-order valence-electron chi connectivity index (χ0n) is 27.3. The van der Waals surface area contributed by atoms with E-state index in [0.717, 1.165) is 29.8 Å². The van der Waals surface area contributed by atoms with Crippen molar-refractivity contribution in [3.63, 3.8) is 0 Å². The standard InChI is InChI=1S/C13H18N4O3S.C13H18N4OS.C4H10O/c1-10(13(2,3)18)9-21(19,20)12-14-15-16-17(12)11-7-5-4-6-8-11;1-10(13(2,3)18)9-19-12-14-15-16-17(12)11-7-5-4-6-8-11;1-3-5-4-2/h4-8,10,18H,9H2,1-3H3;4-8,10,18H,9H2,1-3H3;3-4H2,1-2H3/t2*10-;/m00./s1. The summed E-state index contributed by atoms with van der Waals surface area (Å²) in [4.78, 5) is 0. The normalized spacial score (nSPS) is 13.2. The largest absolute Gasteiger partial charge is 0.390 e. The molecule has 0 spiro atoms. The SMILES string of the molecule is CCOCC.C[C@@H](CS(=O)(=O)c1nnnn1-c1ccccc1)C(C)(C)O.C[C@@H](CSc1nnnn1-c1ccccc1)C(C)(C)O. The minimum atomic E-state index is -3.71. The number of benzene rings is 2. The lowest BCUT2D eigenvalue weighted by atomic mass is 9.95. The fourth-order valence-corrected chi connectivity index (χ4v) is 6.27. The Kier molecular flexibility index (Phi) is 14.7. The highest BCUT2D eigenvalue weighted by Gasteiger charge is 2.32. The predicted molar refractivity (Wildman–Crippen MR) is 174 cm³/mol. The van der Waals surface area contributed by atoms with Crippen molar-refractivity contribution < 1.29 is 23.4 Å². The molecule has 0 bridgehead atoms. The maximum absolute atomic E-state index is 12.5. The average Bonchev–Trinajstić information content (AvgIpc) is 3.68. The van der Waals surface area contributed by atoms with Crippen LogP contribution < -0.4 is 0 Å². The zero-order valence-corrected chi connectivity index (χ0v) is 28.9. The number of ether oxygens (including phenoxy) is 1. The van der Waals surface area contributed by atoms with Gasteiger partial charge in [-0.15, -0.1) is 5.10 Å². The first kappa shape index (κ1) is 37.9. The predicted octanol–water partition coefficient (Wildman–Crippen LogP) is 4.05. The summed E-state index contributed by atoms with van der Waals surface area (Å²) in [6.45, 7) is 16.1. The van der Waals surface area contributed by atoms with Crippen LogP contribution in [0.1, 0.15) is 55.4 Å². The van der Waals surface area contributed by atoms with Gasteiger partial charge < -0.3 is 14.9 Å². The van der Waals surface area contributed by atoms with Crippen LogP contribution in [0.5, 0.6) is 0 Å². The van der Waals surface area contributed by atoms with Gasteiger partial charge in [0.25, 0.3) is 5.16 Å². The van der Waals surface area contributed by atoms with E-state index in [9.17, 15) is 18.6 Å². The molecule has 4 aromatic rings.